The molecule has 2 N–H and O–H groups in total. The van der Waals surface area contributed by atoms with Gasteiger partial charge in [0.05, 0.1) is 13.2 Å². The van der Waals surface area contributed by atoms with Crippen LogP contribution in [0.15, 0.2) is 10.6 Å². The highest BCUT2D eigenvalue weighted by molar-refractivity contribution is 5.91. The second kappa shape index (κ2) is 5.88. The van der Waals surface area contributed by atoms with Gasteiger partial charge in [-0.05, 0) is 11.1 Å². The van der Waals surface area contributed by atoms with E-state index >= 15 is 0 Å². The van der Waals surface area contributed by atoms with Crippen molar-refractivity contribution in [2.45, 2.75) is 13.3 Å². The molecule has 0 aliphatic carbocycles. The fraction of sp³-hybridized carbons (Fsp3) is 0.500. The van der Waals surface area contributed by atoms with Crippen molar-refractivity contribution in [2.75, 3.05) is 13.7 Å². The number of carbonyl (C=O) groups is 2. The molecule has 1 unspecified atom stereocenters. The van der Waals surface area contributed by atoms with E-state index in [0.29, 0.717) is 0 Å². The number of carboxylic acids is 1. The number of hydrogen-bond donors (Lipinski definition) is 2. The van der Waals surface area contributed by atoms with Gasteiger partial charge in [0, 0.05) is 13.0 Å². The second-order valence-corrected chi connectivity index (χ2v) is 3.65. The Kier molecular flexibility index (Phi) is 4.50. The summed E-state index contributed by atoms with van der Waals surface area (Å²) in [7, 11) is 1.41. The van der Waals surface area contributed by atoms with Gasteiger partial charge < -0.3 is 19.7 Å². The third-order valence-electron chi connectivity index (χ3n) is 2.06. The predicted molar refractivity (Wildman–Crippen MR) is 56.8 cm³/mol. The van der Waals surface area contributed by atoms with E-state index in [1.807, 2.05) is 0 Å². The van der Waals surface area contributed by atoms with Gasteiger partial charge in [-0.3, -0.25) is 9.59 Å². The van der Waals surface area contributed by atoms with Crippen LogP contribution < -0.4 is 10.1 Å². The summed E-state index contributed by atoms with van der Waals surface area (Å²) >= 11 is 0. The Morgan fingerprint density at radius 2 is 2.35 bits per heavy atom. The van der Waals surface area contributed by atoms with Crippen molar-refractivity contribution in [2.24, 2.45) is 5.92 Å². The highest BCUT2D eigenvalue weighted by Gasteiger charge is 2.15. The van der Waals surface area contributed by atoms with Crippen LogP contribution in [0.5, 0.6) is 5.88 Å². The molecule has 0 spiro atoms. The first-order valence-electron chi connectivity index (χ1n) is 5.03. The Labute approximate surface area is 97.7 Å². The molecule has 94 valence electrons. The van der Waals surface area contributed by atoms with Gasteiger partial charge in [0.2, 0.25) is 5.76 Å². The summed E-state index contributed by atoms with van der Waals surface area (Å²) in [6.07, 6.45) is 0.00000583. The van der Waals surface area contributed by atoms with E-state index in [1.165, 1.54) is 13.2 Å². The fourth-order valence-corrected chi connectivity index (χ4v) is 1.19. The van der Waals surface area contributed by atoms with Gasteiger partial charge >= 0.3 is 5.97 Å². The maximum absolute atomic E-state index is 11.5. The average Bonchev–Trinajstić information content (AvgIpc) is 2.73. The van der Waals surface area contributed by atoms with Gasteiger partial charge in [-0.1, -0.05) is 6.92 Å². The SMILES string of the molecule is COc1cc(C(=O)NCC(C)CC(=O)O)on1. The highest BCUT2D eigenvalue weighted by Crippen LogP contribution is 2.10. The number of nitrogens with zero attached hydrogens (tertiary/aromatic N) is 1. The van der Waals surface area contributed by atoms with E-state index in [0.717, 1.165) is 0 Å². The second-order valence-electron chi connectivity index (χ2n) is 3.65. The molecule has 0 saturated heterocycles. The Balaban J connectivity index is 2.41. The molecule has 0 bridgehead atoms. The van der Waals surface area contributed by atoms with Crippen molar-refractivity contribution in [1.82, 2.24) is 10.5 Å². The third kappa shape index (κ3) is 4.13. The quantitative estimate of drug-likeness (QED) is 0.754. The van der Waals surface area contributed by atoms with E-state index in [4.69, 9.17) is 14.4 Å². The lowest BCUT2D eigenvalue weighted by Crippen LogP contribution is -2.28. The molecule has 0 fully saturated rings. The lowest BCUT2D eigenvalue weighted by Gasteiger charge is -2.08. The maximum Gasteiger partial charge on any atom is 0.303 e. The van der Waals surface area contributed by atoms with Crippen LogP contribution in [0.25, 0.3) is 0 Å². The minimum Gasteiger partial charge on any atom is -0.481 e. The number of nitrogens with one attached hydrogen (secondary N) is 1. The predicted octanol–water partition coefficient (Wildman–Crippen LogP) is 0.524. The maximum atomic E-state index is 11.5. The number of ether oxygens (including phenoxy) is 1. The lowest BCUT2D eigenvalue weighted by molar-refractivity contribution is -0.137. The minimum atomic E-state index is -0.895. The Morgan fingerprint density at radius 3 is 2.88 bits per heavy atom. The fourth-order valence-electron chi connectivity index (χ4n) is 1.19. The molecular weight excluding hydrogens is 228 g/mol. The van der Waals surface area contributed by atoms with Gasteiger partial charge in [-0.15, -0.1) is 0 Å². The summed E-state index contributed by atoms with van der Waals surface area (Å²) in [5.41, 5.74) is 0. The first-order chi connectivity index (χ1) is 8.02. The zero-order chi connectivity index (χ0) is 12.8. The zero-order valence-electron chi connectivity index (χ0n) is 9.60. The number of aliphatic carboxylic acids is 1. The molecule has 7 heteroatoms. The molecule has 0 saturated carbocycles. The van der Waals surface area contributed by atoms with Crippen LogP contribution in [0.3, 0.4) is 0 Å². The smallest absolute Gasteiger partial charge is 0.303 e. The highest BCUT2D eigenvalue weighted by atomic mass is 16.5. The molecule has 1 rings (SSSR count). The molecule has 17 heavy (non-hydrogen) atoms. The van der Waals surface area contributed by atoms with E-state index in [9.17, 15) is 9.59 Å². The van der Waals surface area contributed by atoms with Gasteiger partial charge in [-0.25, -0.2) is 0 Å². The van der Waals surface area contributed by atoms with Crippen LogP contribution in [0.1, 0.15) is 23.9 Å². The van der Waals surface area contributed by atoms with Gasteiger partial charge in [0.15, 0.2) is 0 Å². The summed E-state index contributed by atoms with van der Waals surface area (Å²) in [5, 5.41) is 14.6. The lowest BCUT2D eigenvalue weighted by atomic mass is 10.1. The molecule has 1 atom stereocenters. The Morgan fingerprint density at radius 1 is 1.65 bits per heavy atom. The molecule has 0 radical (unpaired) electrons. The van der Waals surface area contributed by atoms with Crippen molar-refractivity contribution < 1.29 is 24.0 Å². The van der Waals surface area contributed by atoms with Gasteiger partial charge in [-0.2, -0.15) is 0 Å². The van der Waals surface area contributed by atoms with E-state index in [1.54, 1.807) is 6.92 Å². The molecule has 1 aromatic heterocycles. The summed E-state index contributed by atoms with van der Waals surface area (Å²) in [4.78, 5) is 21.9. The topological polar surface area (TPSA) is 102 Å². The average molecular weight is 242 g/mol. The number of hydrogen-bond acceptors (Lipinski definition) is 5. The monoisotopic (exact) mass is 242 g/mol. The summed E-state index contributed by atoms with van der Waals surface area (Å²) in [6, 6.07) is 1.36. The van der Waals surface area contributed by atoms with Crippen LogP contribution in [-0.2, 0) is 4.79 Å². The molecule has 7 nitrogen and oxygen atoms in total. The molecule has 0 aliphatic heterocycles. The van der Waals surface area contributed by atoms with Crippen LogP contribution in [0.2, 0.25) is 0 Å². The van der Waals surface area contributed by atoms with Gasteiger partial charge in [0.1, 0.15) is 0 Å². The number of carboxylic acid groups (broad SMARTS) is 1. The van der Waals surface area contributed by atoms with Crippen molar-refractivity contribution in [3.8, 4) is 5.88 Å². The molecular formula is C10H14N2O5. The minimum absolute atomic E-state index is 0.00000583. The van der Waals surface area contributed by atoms with Crippen molar-refractivity contribution in [1.29, 1.82) is 0 Å². The molecule has 1 heterocycles. The van der Waals surface area contributed by atoms with Crippen LogP contribution in [0, 0.1) is 5.92 Å². The number of carbonyl (C=O) groups excluding carboxylic acids is 1. The van der Waals surface area contributed by atoms with E-state index in [2.05, 4.69) is 10.5 Å². The van der Waals surface area contributed by atoms with Crippen LogP contribution in [-0.4, -0.2) is 35.8 Å². The normalized spacial score (nSPS) is 11.9. The third-order valence-corrected chi connectivity index (χ3v) is 2.06. The van der Waals surface area contributed by atoms with E-state index < -0.39 is 11.9 Å². The number of aromatic nitrogens is 1. The summed E-state index contributed by atoms with van der Waals surface area (Å²) in [6.45, 7) is 1.99. The number of amides is 1. The number of rotatable bonds is 6. The molecule has 0 aromatic carbocycles. The van der Waals surface area contributed by atoms with Crippen LogP contribution in [0.4, 0.5) is 0 Å². The zero-order valence-corrected chi connectivity index (χ0v) is 9.60. The molecule has 0 aliphatic rings. The largest absolute Gasteiger partial charge is 0.481 e. The van der Waals surface area contributed by atoms with Crippen molar-refractivity contribution >= 4 is 11.9 Å². The van der Waals surface area contributed by atoms with E-state index in [-0.39, 0.29) is 30.5 Å². The molecule has 1 amide bonds. The number of methoxy groups -OCH3 is 1. The first kappa shape index (κ1) is 13.0. The van der Waals surface area contributed by atoms with Crippen molar-refractivity contribution in [3.63, 3.8) is 0 Å². The first-order valence-corrected chi connectivity index (χ1v) is 5.03. The summed E-state index contributed by atoms with van der Waals surface area (Å²) in [5.74, 6) is -1.24. The van der Waals surface area contributed by atoms with Crippen LogP contribution >= 0.6 is 0 Å². The standard InChI is InChI=1S/C10H14N2O5/c1-6(3-9(13)14)5-11-10(15)7-4-8(16-2)12-17-7/h4,6H,3,5H2,1-2H3,(H,11,15)(H,13,14). The Bertz CT molecular complexity index is 401. The molecule has 1 aromatic rings. The Hall–Kier alpha value is -2.05. The van der Waals surface area contributed by atoms with Crippen molar-refractivity contribution in [3.05, 3.63) is 11.8 Å². The summed E-state index contributed by atoms with van der Waals surface area (Å²) < 4.78 is 9.49. The van der Waals surface area contributed by atoms with Gasteiger partial charge in [0.25, 0.3) is 11.8 Å².